The van der Waals surface area contributed by atoms with E-state index in [0.717, 1.165) is 22.9 Å². The lowest BCUT2D eigenvalue weighted by atomic mass is 10.1. The van der Waals surface area contributed by atoms with Gasteiger partial charge in [0.05, 0.1) is 10.9 Å². The normalized spacial score (nSPS) is 19.8. The minimum Gasteiger partial charge on any atom is -0.265 e. The molecule has 4 nitrogen and oxygen atoms in total. The van der Waals surface area contributed by atoms with Gasteiger partial charge < -0.3 is 0 Å². The highest BCUT2D eigenvalue weighted by Crippen LogP contribution is 2.36. The van der Waals surface area contributed by atoms with Crippen molar-refractivity contribution in [1.82, 2.24) is 9.29 Å². The van der Waals surface area contributed by atoms with Gasteiger partial charge in [-0.25, -0.2) is 8.42 Å². The van der Waals surface area contributed by atoms with E-state index >= 15 is 0 Å². The van der Waals surface area contributed by atoms with E-state index in [0.29, 0.717) is 11.4 Å². The number of aromatic nitrogens is 1. The molecule has 2 aromatic rings. The van der Waals surface area contributed by atoms with Gasteiger partial charge in [0.15, 0.2) is 0 Å². The van der Waals surface area contributed by atoms with Crippen LogP contribution in [0.15, 0.2) is 58.2 Å². The maximum absolute atomic E-state index is 12.8. The number of hydrogen-bond donors (Lipinski definition) is 0. The molecule has 0 saturated carbocycles. The molecular formula is C15H15BrN2O2S. The van der Waals surface area contributed by atoms with Crippen LogP contribution in [0.1, 0.15) is 24.4 Å². The van der Waals surface area contributed by atoms with E-state index in [1.54, 1.807) is 41.0 Å². The quantitative estimate of drug-likeness (QED) is 0.836. The van der Waals surface area contributed by atoms with E-state index in [1.807, 2.05) is 12.1 Å². The van der Waals surface area contributed by atoms with E-state index in [1.165, 1.54) is 0 Å². The van der Waals surface area contributed by atoms with Gasteiger partial charge in [-0.1, -0.05) is 15.9 Å². The maximum Gasteiger partial charge on any atom is 0.243 e. The second-order valence-corrected chi connectivity index (χ2v) is 7.81. The fraction of sp³-hybridized carbons (Fsp3) is 0.267. The fourth-order valence-electron chi connectivity index (χ4n) is 2.69. The van der Waals surface area contributed by atoms with Crippen molar-refractivity contribution in [2.75, 3.05) is 6.54 Å². The third-order valence-corrected chi connectivity index (χ3v) is 6.17. The first-order chi connectivity index (χ1) is 10.1. The Bertz CT molecular complexity index is 717. The third-order valence-electron chi connectivity index (χ3n) is 3.71. The smallest absolute Gasteiger partial charge is 0.243 e. The van der Waals surface area contributed by atoms with Gasteiger partial charge >= 0.3 is 0 Å². The highest BCUT2D eigenvalue weighted by molar-refractivity contribution is 9.10. The fourth-order valence-corrected chi connectivity index (χ4v) is 4.64. The summed E-state index contributed by atoms with van der Waals surface area (Å²) in [6, 6.07) is 10.5. The average Bonchev–Trinajstić information content (AvgIpc) is 2.99. The molecule has 1 atom stereocenters. The van der Waals surface area contributed by atoms with E-state index in [2.05, 4.69) is 20.9 Å². The van der Waals surface area contributed by atoms with Crippen molar-refractivity contribution < 1.29 is 8.42 Å². The molecule has 0 N–H and O–H groups in total. The van der Waals surface area contributed by atoms with Gasteiger partial charge in [0.2, 0.25) is 10.0 Å². The molecule has 0 bridgehead atoms. The third kappa shape index (κ3) is 2.88. The molecule has 0 aliphatic carbocycles. The van der Waals surface area contributed by atoms with Crippen molar-refractivity contribution in [3.63, 3.8) is 0 Å². The zero-order chi connectivity index (χ0) is 14.9. The molecule has 6 heteroatoms. The molecule has 1 saturated heterocycles. The highest BCUT2D eigenvalue weighted by atomic mass is 79.9. The number of pyridine rings is 1. The summed E-state index contributed by atoms with van der Waals surface area (Å²) >= 11 is 3.33. The van der Waals surface area contributed by atoms with Crippen molar-refractivity contribution in [2.24, 2.45) is 0 Å². The standard InChI is InChI=1S/C15H15BrN2O2S/c16-13-3-5-14(6-4-13)21(19,20)18-11-1-2-15(18)12-7-9-17-10-8-12/h3-10,15H,1-2,11H2/t15-/m0/s1. The monoisotopic (exact) mass is 366 g/mol. The van der Waals surface area contributed by atoms with Crippen LogP contribution < -0.4 is 0 Å². The zero-order valence-corrected chi connectivity index (χ0v) is 13.7. The lowest BCUT2D eigenvalue weighted by Crippen LogP contribution is -2.30. The second-order valence-electron chi connectivity index (χ2n) is 5.01. The first-order valence-electron chi connectivity index (χ1n) is 6.76. The van der Waals surface area contributed by atoms with Crippen LogP contribution in [-0.2, 0) is 10.0 Å². The SMILES string of the molecule is O=S(=O)(c1ccc(Br)cc1)N1CCC[C@H]1c1ccncc1. The van der Waals surface area contributed by atoms with Crippen LogP contribution >= 0.6 is 15.9 Å². The van der Waals surface area contributed by atoms with E-state index < -0.39 is 10.0 Å². The van der Waals surface area contributed by atoms with Gasteiger partial charge in [0.1, 0.15) is 0 Å². The van der Waals surface area contributed by atoms with Crippen LogP contribution in [0.2, 0.25) is 0 Å². The average molecular weight is 367 g/mol. The summed E-state index contributed by atoms with van der Waals surface area (Å²) in [4.78, 5) is 4.34. The Kier molecular flexibility index (Phi) is 4.10. The Morgan fingerprint density at radius 1 is 1.10 bits per heavy atom. The van der Waals surface area contributed by atoms with Crippen molar-refractivity contribution in [3.05, 3.63) is 58.8 Å². The molecule has 1 aromatic carbocycles. The van der Waals surface area contributed by atoms with Gasteiger partial charge in [0, 0.05) is 23.4 Å². The topological polar surface area (TPSA) is 50.3 Å². The molecule has 0 spiro atoms. The summed E-state index contributed by atoms with van der Waals surface area (Å²) in [6.07, 6.45) is 5.14. The molecule has 1 fully saturated rings. The number of benzene rings is 1. The van der Waals surface area contributed by atoms with E-state index in [-0.39, 0.29) is 6.04 Å². The van der Waals surface area contributed by atoms with Gasteiger partial charge in [-0.3, -0.25) is 4.98 Å². The second kappa shape index (κ2) is 5.87. The number of halogens is 1. The summed E-state index contributed by atoms with van der Waals surface area (Å²) in [5.41, 5.74) is 1.00. The largest absolute Gasteiger partial charge is 0.265 e. The van der Waals surface area contributed by atoms with E-state index in [4.69, 9.17) is 0 Å². The van der Waals surface area contributed by atoms with Crippen molar-refractivity contribution >= 4 is 26.0 Å². The molecule has 110 valence electrons. The predicted molar refractivity (Wildman–Crippen MR) is 84.2 cm³/mol. The maximum atomic E-state index is 12.8. The van der Waals surface area contributed by atoms with Crippen molar-refractivity contribution in [2.45, 2.75) is 23.8 Å². The molecule has 21 heavy (non-hydrogen) atoms. The Labute approximate surface area is 133 Å². The summed E-state index contributed by atoms with van der Waals surface area (Å²) in [5, 5.41) is 0. The van der Waals surface area contributed by atoms with Crippen LogP contribution in [0.25, 0.3) is 0 Å². The van der Waals surface area contributed by atoms with Gasteiger partial charge in [-0.05, 0) is 54.8 Å². The van der Waals surface area contributed by atoms with Crippen molar-refractivity contribution in [3.8, 4) is 0 Å². The Balaban J connectivity index is 1.96. The van der Waals surface area contributed by atoms with E-state index in [9.17, 15) is 8.42 Å². The summed E-state index contributed by atoms with van der Waals surface area (Å²) in [5.74, 6) is 0. The molecule has 3 rings (SSSR count). The Morgan fingerprint density at radius 2 is 1.76 bits per heavy atom. The summed E-state index contributed by atoms with van der Waals surface area (Å²) < 4.78 is 28.1. The number of sulfonamides is 1. The van der Waals surface area contributed by atoms with Gasteiger partial charge in [0.25, 0.3) is 0 Å². The summed E-state index contributed by atoms with van der Waals surface area (Å²) in [6.45, 7) is 0.561. The van der Waals surface area contributed by atoms with Crippen LogP contribution in [0.5, 0.6) is 0 Å². The Hall–Kier alpha value is -1.24. The highest BCUT2D eigenvalue weighted by Gasteiger charge is 2.35. The van der Waals surface area contributed by atoms with Crippen LogP contribution in [0, 0.1) is 0 Å². The molecule has 1 aromatic heterocycles. The number of hydrogen-bond acceptors (Lipinski definition) is 3. The van der Waals surface area contributed by atoms with Crippen LogP contribution in [0.3, 0.4) is 0 Å². The minimum atomic E-state index is -3.46. The molecule has 2 heterocycles. The summed E-state index contributed by atoms with van der Waals surface area (Å²) in [7, 11) is -3.46. The number of rotatable bonds is 3. The first kappa shape index (κ1) is 14.7. The molecule has 0 radical (unpaired) electrons. The molecule has 1 aliphatic rings. The minimum absolute atomic E-state index is 0.0957. The molecular weight excluding hydrogens is 352 g/mol. The lowest BCUT2D eigenvalue weighted by Gasteiger charge is -2.24. The van der Waals surface area contributed by atoms with Gasteiger partial charge in [-0.15, -0.1) is 0 Å². The molecule has 1 aliphatic heterocycles. The Morgan fingerprint density at radius 3 is 2.43 bits per heavy atom. The molecule has 0 amide bonds. The lowest BCUT2D eigenvalue weighted by molar-refractivity contribution is 0.396. The van der Waals surface area contributed by atoms with Crippen LogP contribution in [0.4, 0.5) is 0 Å². The predicted octanol–water partition coefficient (Wildman–Crippen LogP) is 3.37. The first-order valence-corrected chi connectivity index (χ1v) is 9.00. The van der Waals surface area contributed by atoms with Crippen molar-refractivity contribution in [1.29, 1.82) is 0 Å². The molecule has 0 unspecified atom stereocenters. The van der Waals surface area contributed by atoms with Gasteiger partial charge in [-0.2, -0.15) is 4.31 Å². The number of nitrogens with zero attached hydrogens (tertiary/aromatic N) is 2. The zero-order valence-electron chi connectivity index (χ0n) is 11.3. The van der Waals surface area contributed by atoms with Crippen LogP contribution in [-0.4, -0.2) is 24.3 Å².